The van der Waals surface area contributed by atoms with Gasteiger partial charge in [0.25, 0.3) is 5.91 Å². The lowest BCUT2D eigenvalue weighted by Gasteiger charge is -2.40. The molecule has 8 nitrogen and oxygen atoms in total. The molecule has 2 atom stereocenters. The van der Waals surface area contributed by atoms with Crippen molar-refractivity contribution in [2.45, 2.75) is 39.0 Å². The molecular weight excluding hydrogens is 416 g/mol. The Labute approximate surface area is 188 Å². The van der Waals surface area contributed by atoms with Crippen LogP contribution in [0.4, 0.5) is 4.79 Å². The van der Waals surface area contributed by atoms with Crippen LogP contribution in [0.25, 0.3) is 0 Å². The van der Waals surface area contributed by atoms with Crippen LogP contribution >= 0.6 is 11.6 Å². The van der Waals surface area contributed by atoms with Gasteiger partial charge in [-0.1, -0.05) is 37.6 Å². The molecule has 9 heteroatoms. The zero-order chi connectivity index (χ0) is 22.1. The molecular formula is C22H31ClN6O2. The summed E-state index contributed by atoms with van der Waals surface area (Å²) in [6.07, 6.45) is 0.674. The second-order valence-electron chi connectivity index (χ2n) is 8.96. The van der Waals surface area contributed by atoms with Crippen molar-refractivity contribution in [1.29, 1.82) is 0 Å². The predicted octanol–water partition coefficient (Wildman–Crippen LogP) is 2.05. The number of guanidine groups is 1. The molecule has 0 aromatic heterocycles. The molecule has 31 heavy (non-hydrogen) atoms. The first kappa shape index (κ1) is 21.9. The van der Waals surface area contributed by atoms with Crippen molar-refractivity contribution >= 4 is 29.5 Å². The van der Waals surface area contributed by atoms with Gasteiger partial charge >= 0.3 is 6.03 Å². The number of rotatable bonds is 5. The van der Waals surface area contributed by atoms with Crippen LogP contribution in [0, 0.1) is 5.92 Å². The van der Waals surface area contributed by atoms with Crippen LogP contribution in [0.3, 0.4) is 0 Å². The van der Waals surface area contributed by atoms with Crippen LogP contribution in [0.15, 0.2) is 29.3 Å². The molecule has 3 aliphatic heterocycles. The lowest BCUT2D eigenvalue weighted by atomic mass is 10.1. The molecule has 2 fully saturated rings. The third-order valence-corrected chi connectivity index (χ3v) is 6.49. The Balaban J connectivity index is 1.55. The number of nitrogens with zero attached hydrogens (tertiary/aromatic N) is 5. The first-order chi connectivity index (χ1) is 14.8. The summed E-state index contributed by atoms with van der Waals surface area (Å²) in [4.78, 5) is 38.1. The number of piperazine rings is 1. The summed E-state index contributed by atoms with van der Waals surface area (Å²) in [5, 5.41) is 3.12. The van der Waals surface area contributed by atoms with Gasteiger partial charge in [-0.05, 0) is 36.6 Å². The van der Waals surface area contributed by atoms with E-state index in [4.69, 9.17) is 16.6 Å². The fraction of sp³-hybridized carbons (Fsp3) is 0.591. The van der Waals surface area contributed by atoms with E-state index in [1.54, 1.807) is 7.05 Å². The van der Waals surface area contributed by atoms with Gasteiger partial charge in [-0.3, -0.25) is 15.0 Å². The van der Waals surface area contributed by atoms with Crippen LogP contribution in [0.1, 0.15) is 25.8 Å². The van der Waals surface area contributed by atoms with Gasteiger partial charge in [0.2, 0.25) is 0 Å². The third kappa shape index (κ3) is 4.65. The number of likely N-dealkylation sites (N-methyl/N-ethyl adjacent to an activating group) is 1. The number of nitrogens with one attached hydrogen (secondary N) is 1. The Hall–Kier alpha value is -2.32. The maximum atomic E-state index is 12.8. The fourth-order valence-electron chi connectivity index (χ4n) is 4.39. The SMILES string of the molecule is CC(C)CCN1CCN(C2=NC3C(C(=O)NC(=O)N3C)N2Cc2cccc(Cl)c2)CC1. The Kier molecular flexibility index (Phi) is 6.39. The van der Waals surface area contributed by atoms with Crippen molar-refractivity contribution in [2.75, 3.05) is 39.8 Å². The normalized spacial score (nSPS) is 24.5. The highest BCUT2D eigenvalue weighted by molar-refractivity contribution is 6.30. The van der Waals surface area contributed by atoms with E-state index < -0.39 is 18.2 Å². The van der Waals surface area contributed by atoms with E-state index in [-0.39, 0.29) is 5.91 Å². The standard InChI is InChI=1S/C22H31ClN6O2/c1-15(2)7-8-27-9-11-28(12-10-27)21-24-19-18(20(30)25-22(31)26(19)3)29(21)14-16-5-4-6-17(23)13-16/h4-6,13,15,18-19H,7-12,14H2,1-3H3,(H,25,30,31). The van der Waals surface area contributed by atoms with Crippen molar-refractivity contribution in [2.24, 2.45) is 10.9 Å². The van der Waals surface area contributed by atoms with Crippen molar-refractivity contribution in [3.05, 3.63) is 34.9 Å². The molecule has 0 radical (unpaired) electrons. The molecule has 0 saturated carbocycles. The van der Waals surface area contributed by atoms with Crippen LogP contribution in [0.5, 0.6) is 0 Å². The number of halogens is 1. The van der Waals surface area contributed by atoms with Crippen molar-refractivity contribution in [1.82, 2.24) is 24.9 Å². The van der Waals surface area contributed by atoms with Crippen LogP contribution in [0.2, 0.25) is 5.02 Å². The lowest BCUT2D eigenvalue weighted by Crippen LogP contribution is -2.64. The minimum atomic E-state index is -0.546. The maximum Gasteiger partial charge on any atom is 0.325 e. The zero-order valence-electron chi connectivity index (χ0n) is 18.4. The predicted molar refractivity (Wildman–Crippen MR) is 121 cm³/mol. The molecule has 3 amide bonds. The Bertz CT molecular complexity index is 867. The highest BCUT2D eigenvalue weighted by Gasteiger charge is 2.49. The van der Waals surface area contributed by atoms with Crippen molar-refractivity contribution in [3.8, 4) is 0 Å². The van der Waals surface area contributed by atoms with Gasteiger partial charge in [-0.2, -0.15) is 0 Å². The first-order valence-corrected chi connectivity index (χ1v) is 11.3. The highest BCUT2D eigenvalue weighted by Crippen LogP contribution is 2.28. The van der Waals surface area contributed by atoms with Crippen molar-refractivity contribution in [3.63, 3.8) is 0 Å². The summed E-state index contributed by atoms with van der Waals surface area (Å²) in [6, 6.07) is 6.70. The van der Waals surface area contributed by atoms with E-state index >= 15 is 0 Å². The average molecular weight is 447 g/mol. The summed E-state index contributed by atoms with van der Waals surface area (Å²) < 4.78 is 0. The molecule has 3 heterocycles. The third-order valence-electron chi connectivity index (χ3n) is 6.26. The van der Waals surface area contributed by atoms with Gasteiger partial charge < -0.3 is 14.7 Å². The van der Waals surface area contributed by atoms with Gasteiger partial charge in [-0.25, -0.2) is 9.79 Å². The number of urea groups is 1. The second kappa shape index (κ2) is 9.04. The molecule has 1 aromatic rings. The summed E-state index contributed by atoms with van der Waals surface area (Å²) >= 11 is 6.19. The maximum absolute atomic E-state index is 12.8. The van der Waals surface area contributed by atoms with Crippen molar-refractivity contribution < 1.29 is 9.59 Å². The highest BCUT2D eigenvalue weighted by atomic mass is 35.5. The molecule has 2 saturated heterocycles. The Morgan fingerprint density at radius 2 is 1.94 bits per heavy atom. The Morgan fingerprint density at radius 1 is 1.19 bits per heavy atom. The zero-order valence-corrected chi connectivity index (χ0v) is 19.2. The van der Waals surface area contributed by atoms with Crippen LogP contribution in [-0.4, -0.2) is 89.5 Å². The van der Waals surface area contributed by atoms with E-state index in [1.165, 1.54) is 11.3 Å². The molecule has 1 aromatic carbocycles. The number of hydrogen-bond acceptors (Lipinski definition) is 6. The Morgan fingerprint density at radius 3 is 2.61 bits per heavy atom. The lowest BCUT2D eigenvalue weighted by molar-refractivity contribution is -0.127. The van der Waals surface area contributed by atoms with Gasteiger partial charge in [0, 0.05) is 44.8 Å². The van der Waals surface area contributed by atoms with E-state index in [2.05, 4.69) is 29.0 Å². The number of carbonyl (C=O) groups excluding carboxylic acids is 2. The summed E-state index contributed by atoms with van der Waals surface area (Å²) in [5.74, 6) is 1.18. The molecule has 168 valence electrons. The molecule has 3 aliphatic rings. The number of carbonyl (C=O) groups is 2. The summed E-state index contributed by atoms with van der Waals surface area (Å²) in [5.41, 5.74) is 1.00. The van der Waals surface area contributed by atoms with E-state index in [9.17, 15) is 9.59 Å². The molecule has 4 rings (SSSR count). The van der Waals surface area contributed by atoms with Gasteiger partial charge in [0.15, 0.2) is 18.2 Å². The molecule has 1 N–H and O–H groups in total. The largest absolute Gasteiger partial charge is 0.340 e. The smallest absolute Gasteiger partial charge is 0.325 e. The van der Waals surface area contributed by atoms with E-state index in [1.807, 2.05) is 29.2 Å². The minimum Gasteiger partial charge on any atom is -0.340 e. The number of fused-ring (bicyclic) bond motifs is 1. The number of hydrogen-bond donors (Lipinski definition) is 1. The van der Waals surface area contributed by atoms with E-state index in [0.717, 1.165) is 44.2 Å². The second-order valence-corrected chi connectivity index (χ2v) is 9.40. The average Bonchev–Trinajstić information content (AvgIpc) is 3.11. The van der Waals surface area contributed by atoms with Gasteiger partial charge in [0.05, 0.1) is 0 Å². The molecule has 2 unspecified atom stereocenters. The number of aliphatic imine (C=N–C) groups is 1. The first-order valence-electron chi connectivity index (χ1n) is 11.0. The number of amides is 3. The summed E-state index contributed by atoms with van der Waals surface area (Å²) in [6.45, 7) is 9.74. The quantitative estimate of drug-likeness (QED) is 0.749. The molecule has 0 aliphatic carbocycles. The fourth-order valence-corrected chi connectivity index (χ4v) is 4.60. The van der Waals surface area contributed by atoms with Crippen LogP contribution in [-0.2, 0) is 11.3 Å². The number of benzene rings is 1. The van der Waals surface area contributed by atoms with Crippen LogP contribution < -0.4 is 5.32 Å². The molecule has 0 spiro atoms. The topological polar surface area (TPSA) is 71.5 Å². The van der Waals surface area contributed by atoms with Gasteiger partial charge in [0.1, 0.15) is 0 Å². The number of imide groups is 1. The molecule has 0 bridgehead atoms. The minimum absolute atomic E-state index is 0.301. The van der Waals surface area contributed by atoms with Gasteiger partial charge in [-0.15, -0.1) is 0 Å². The van der Waals surface area contributed by atoms with E-state index in [0.29, 0.717) is 17.5 Å². The summed E-state index contributed by atoms with van der Waals surface area (Å²) in [7, 11) is 1.69. The monoisotopic (exact) mass is 446 g/mol.